The van der Waals surface area contributed by atoms with Gasteiger partial charge in [0.25, 0.3) is 5.91 Å². The molecular formula is C10H14ClNO3. The summed E-state index contributed by atoms with van der Waals surface area (Å²) in [5.74, 6) is -0.271. The fourth-order valence-electron chi connectivity index (χ4n) is 1.01. The van der Waals surface area contributed by atoms with Crippen LogP contribution in [0.3, 0.4) is 0 Å². The van der Waals surface area contributed by atoms with E-state index in [4.69, 9.17) is 21.1 Å². The summed E-state index contributed by atoms with van der Waals surface area (Å²) < 4.78 is 4.84. The van der Waals surface area contributed by atoms with Crippen LogP contribution in [0.15, 0.2) is 16.7 Å². The second kappa shape index (κ2) is 4.24. The zero-order chi connectivity index (χ0) is 11.6. The zero-order valence-corrected chi connectivity index (χ0v) is 9.71. The first-order valence-electron chi connectivity index (χ1n) is 4.52. The standard InChI is InChI=1S/C10H14ClNO3/c1-10(2,6-13)12(3)9(14)7-4-5-15-8(7)11/h4-5,13H,6H2,1-3H3. The lowest BCUT2D eigenvalue weighted by molar-refractivity contribution is 0.0473. The van der Waals surface area contributed by atoms with Gasteiger partial charge in [-0.2, -0.15) is 0 Å². The number of carbonyl (C=O) groups excluding carboxylic acids is 1. The Hall–Kier alpha value is -1.00. The van der Waals surface area contributed by atoms with E-state index in [1.165, 1.54) is 17.2 Å². The molecule has 1 aromatic heterocycles. The van der Waals surface area contributed by atoms with Gasteiger partial charge in [0.15, 0.2) is 0 Å². The highest BCUT2D eigenvalue weighted by Crippen LogP contribution is 2.21. The maximum atomic E-state index is 11.9. The van der Waals surface area contributed by atoms with Crippen LogP contribution >= 0.6 is 11.6 Å². The fourth-order valence-corrected chi connectivity index (χ4v) is 1.20. The minimum atomic E-state index is -0.627. The summed E-state index contributed by atoms with van der Waals surface area (Å²) in [4.78, 5) is 13.3. The van der Waals surface area contributed by atoms with Crippen molar-refractivity contribution in [1.82, 2.24) is 4.90 Å². The highest BCUT2D eigenvalue weighted by atomic mass is 35.5. The molecule has 1 rings (SSSR count). The maximum Gasteiger partial charge on any atom is 0.258 e. The zero-order valence-electron chi connectivity index (χ0n) is 8.95. The highest BCUT2D eigenvalue weighted by Gasteiger charge is 2.29. The van der Waals surface area contributed by atoms with Crippen molar-refractivity contribution in [3.63, 3.8) is 0 Å². The van der Waals surface area contributed by atoms with Crippen molar-refractivity contribution < 1.29 is 14.3 Å². The molecule has 0 spiro atoms. The number of nitrogens with zero attached hydrogens (tertiary/aromatic N) is 1. The van der Waals surface area contributed by atoms with E-state index >= 15 is 0 Å². The molecule has 0 aliphatic carbocycles. The lowest BCUT2D eigenvalue weighted by atomic mass is 10.0. The Morgan fingerprint density at radius 1 is 1.67 bits per heavy atom. The van der Waals surface area contributed by atoms with E-state index in [2.05, 4.69) is 0 Å². The van der Waals surface area contributed by atoms with E-state index in [0.29, 0.717) is 5.56 Å². The third-order valence-electron chi connectivity index (χ3n) is 2.45. The second-order valence-electron chi connectivity index (χ2n) is 3.94. The van der Waals surface area contributed by atoms with Gasteiger partial charge in [-0.25, -0.2) is 0 Å². The van der Waals surface area contributed by atoms with E-state index < -0.39 is 5.54 Å². The van der Waals surface area contributed by atoms with Crippen molar-refractivity contribution in [2.24, 2.45) is 0 Å². The van der Waals surface area contributed by atoms with E-state index in [1.54, 1.807) is 20.9 Å². The fraction of sp³-hybridized carbons (Fsp3) is 0.500. The molecule has 0 aliphatic rings. The average molecular weight is 232 g/mol. The largest absolute Gasteiger partial charge is 0.452 e. The van der Waals surface area contributed by atoms with Gasteiger partial charge in [-0.1, -0.05) is 0 Å². The number of rotatable bonds is 3. The Labute approximate surface area is 93.4 Å². The first-order chi connectivity index (χ1) is 6.90. The van der Waals surface area contributed by atoms with Crippen LogP contribution in [-0.2, 0) is 0 Å². The van der Waals surface area contributed by atoms with Gasteiger partial charge >= 0.3 is 0 Å². The summed E-state index contributed by atoms with van der Waals surface area (Å²) in [5.41, 5.74) is -0.321. The van der Waals surface area contributed by atoms with Gasteiger partial charge in [0, 0.05) is 7.05 Å². The normalized spacial score (nSPS) is 11.5. The summed E-state index contributed by atoms with van der Waals surface area (Å²) >= 11 is 5.70. The van der Waals surface area contributed by atoms with Crippen molar-refractivity contribution >= 4 is 17.5 Å². The van der Waals surface area contributed by atoms with E-state index in [1.807, 2.05) is 0 Å². The molecule has 0 atom stereocenters. The molecule has 84 valence electrons. The summed E-state index contributed by atoms with van der Waals surface area (Å²) in [7, 11) is 1.61. The average Bonchev–Trinajstić information content (AvgIpc) is 2.62. The molecule has 0 bridgehead atoms. The molecule has 4 nitrogen and oxygen atoms in total. The number of furan rings is 1. The molecule has 0 aromatic carbocycles. The smallest absolute Gasteiger partial charge is 0.258 e. The molecule has 0 saturated heterocycles. The number of hydrogen-bond acceptors (Lipinski definition) is 3. The van der Waals surface area contributed by atoms with Crippen LogP contribution in [0.4, 0.5) is 0 Å². The maximum absolute atomic E-state index is 11.9. The van der Waals surface area contributed by atoms with E-state index in [9.17, 15) is 4.79 Å². The molecule has 0 unspecified atom stereocenters. The Morgan fingerprint density at radius 2 is 2.27 bits per heavy atom. The summed E-state index contributed by atoms with van der Waals surface area (Å²) in [6.07, 6.45) is 1.36. The highest BCUT2D eigenvalue weighted by molar-refractivity contribution is 6.32. The van der Waals surface area contributed by atoms with Crippen molar-refractivity contribution in [2.75, 3.05) is 13.7 Å². The van der Waals surface area contributed by atoms with Gasteiger partial charge in [0.2, 0.25) is 5.22 Å². The molecule has 0 fully saturated rings. The van der Waals surface area contributed by atoms with Gasteiger partial charge in [-0.3, -0.25) is 4.79 Å². The van der Waals surface area contributed by atoms with Crippen LogP contribution in [0.5, 0.6) is 0 Å². The monoisotopic (exact) mass is 231 g/mol. The van der Waals surface area contributed by atoms with E-state index in [-0.39, 0.29) is 17.7 Å². The lowest BCUT2D eigenvalue weighted by Gasteiger charge is -2.33. The minimum absolute atomic E-state index is 0.0700. The number of halogens is 1. The first kappa shape index (κ1) is 12.1. The third kappa shape index (κ3) is 2.33. The third-order valence-corrected chi connectivity index (χ3v) is 2.74. The Kier molecular flexibility index (Phi) is 3.42. The molecule has 1 amide bonds. The van der Waals surface area contributed by atoms with Crippen molar-refractivity contribution in [1.29, 1.82) is 0 Å². The molecule has 15 heavy (non-hydrogen) atoms. The van der Waals surface area contributed by atoms with Gasteiger partial charge in [0.05, 0.1) is 24.0 Å². The molecule has 0 saturated carbocycles. The molecular weight excluding hydrogens is 218 g/mol. The van der Waals surface area contributed by atoms with Gasteiger partial charge in [0.1, 0.15) is 0 Å². The van der Waals surface area contributed by atoms with Crippen molar-refractivity contribution in [3.05, 3.63) is 23.1 Å². The van der Waals surface area contributed by atoms with Crippen LogP contribution in [0.2, 0.25) is 5.22 Å². The second-order valence-corrected chi connectivity index (χ2v) is 4.29. The molecule has 1 heterocycles. The van der Waals surface area contributed by atoms with Crippen LogP contribution < -0.4 is 0 Å². The predicted molar refractivity (Wildman–Crippen MR) is 57.0 cm³/mol. The number of aliphatic hydroxyl groups is 1. The van der Waals surface area contributed by atoms with Crippen LogP contribution in [0, 0.1) is 0 Å². The van der Waals surface area contributed by atoms with Gasteiger partial charge < -0.3 is 14.4 Å². The van der Waals surface area contributed by atoms with E-state index in [0.717, 1.165) is 0 Å². The summed E-state index contributed by atoms with van der Waals surface area (Å²) in [5, 5.41) is 9.20. The number of hydrogen-bond donors (Lipinski definition) is 1. The Bertz CT molecular complexity index is 359. The van der Waals surface area contributed by atoms with Crippen LogP contribution in [0.1, 0.15) is 24.2 Å². The molecule has 0 radical (unpaired) electrons. The Morgan fingerprint density at radius 3 is 2.67 bits per heavy atom. The van der Waals surface area contributed by atoms with Crippen LogP contribution in [0.25, 0.3) is 0 Å². The Balaban J connectivity index is 2.92. The number of likely N-dealkylation sites (N-methyl/N-ethyl adjacent to an activating group) is 1. The van der Waals surface area contributed by atoms with Gasteiger partial charge in [-0.15, -0.1) is 0 Å². The number of aliphatic hydroxyl groups excluding tert-OH is 1. The number of carbonyl (C=O) groups is 1. The molecule has 0 aliphatic heterocycles. The SMILES string of the molecule is CN(C(=O)c1ccoc1Cl)C(C)(C)CO. The van der Waals surface area contributed by atoms with Crippen molar-refractivity contribution in [3.8, 4) is 0 Å². The summed E-state index contributed by atoms with van der Waals surface area (Å²) in [6.45, 7) is 3.41. The molecule has 1 N–H and O–H groups in total. The topological polar surface area (TPSA) is 53.7 Å². The van der Waals surface area contributed by atoms with Crippen molar-refractivity contribution in [2.45, 2.75) is 19.4 Å². The van der Waals surface area contributed by atoms with Gasteiger partial charge in [-0.05, 0) is 31.5 Å². The lowest BCUT2D eigenvalue weighted by Crippen LogP contribution is -2.47. The minimum Gasteiger partial charge on any atom is -0.452 e. The first-order valence-corrected chi connectivity index (χ1v) is 4.90. The molecule has 1 aromatic rings. The number of amides is 1. The summed E-state index contributed by atoms with van der Waals surface area (Å²) in [6, 6.07) is 1.51. The van der Waals surface area contributed by atoms with Crippen LogP contribution in [-0.4, -0.2) is 35.1 Å². The molecule has 5 heteroatoms. The predicted octanol–water partition coefficient (Wildman–Crippen LogP) is 1.78. The quantitative estimate of drug-likeness (QED) is 0.863.